The van der Waals surface area contributed by atoms with Crippen molar-refractivity contribution in [3.63, 3.8) is 0 Å². The first-order valence-electron chi connectivity index (χ1n) is 8.48. The number of benzene rings is 1. The van der Waals surface area contributed by atoms with Crippen molar-refractivity contribution in [1.82, 2.24) is 9.62 Å². The average molecular weight is 382 g/mol. The molecule has 1 aromatic carbocycles. The quantitative estimate of drug-likeness (QED) is 0.722. The molecule has 0 saturated carbocycles. The standard InChI is InChI=1S/C17H26N4O4S/c1-20(2)15-6-4-14(5-7-15)19-17(23)16(22)18-12-13-8-10-21(11-9-13)26(3,24)25/h4-7,13H,8-12H2,1-3H3,(H,18,22)(H,19,23). The maximum Gasteiger partial charge on any atom is 0.313 e. The molecule has 0 bridgehead atoms. The number of nitrogens with one attached hydrogen (secondary N) is 2. The Kier molecular flexibility index (Phi) is 6.60. The van der Waals surface area contributed by atoms with Crippen LogP contribution in [0.1, 0.15) is 12.8 Å². The summed E-state index contributed by atoms with van der Waals surface area (Å²) in [5, 5.41) is 5.19. The predicted octanol–water partition coefficient (Wildman–Crippen LogP) is 0.479. The van der Waals surface area contributed by atoms with Gasteiger partial charge in [0.1, 0.15) is 0 Å². The number of hydrogen-bond donors (Lipinski definition) is 2. The zero-order valence-electron chi connectivity index (χ0n) is 15.4. The van der Waals surface area contributed by atoms with Crippen molar-refractivity contribution in [1.29, 1.82) is 0 Å². The van der Waals surface area contributed by atoms with E-state index < -0.39 is 21.8 Å². The summed E-state index contributed by atoms with van der Waals surface area (Å²) in [6, 6.07) is 7.18. The van der Waals surface area contributed by atoms with Crippen molar-refractivity contribution in [3.05, 3.63) is 24.3 Å². The van der Waals surface area contributed by atoms with Crippen molar-refractivity contribution in [3.8, 4) is 0 Å². The Balaban J connectivity index is 1.76. The Hall–Kier alpha value is -2.13. The highest BCUT2D eigenvalue weighted by molar-refractivity contribution is 7.88. The van der Waals surface area contributed by atoms with Crippen LogP contribution in [0.5, 0.6) is 0 Å². The van der Waals surface area contributed by atoms with Crippen LogP contribution in [0.15, 0.2) is 24.3 Å². The lowest BCUT2D eigenvalue weighted by molar-refractivity contribution is -0.136. The van der Waals surface area contributed by atoms with Crippen molar-refractivity contribution in [2.75, 3.05) is 50.2 Å². The van der Waals surface area contributed by atoms with E-state index in [1.54, 1.807) is 12.1 Å². The molecular weight excluding hydrogens is 356 g/mol. The maximum atomic E-state index is 12.0. The SMILES string of the molecule is CN(C)c1ccc(NC(=O)C(=O)NCC2CCN(S(C)(=O)=O)CC2)cc1. The van der Waals surface area contributed by atoms with Gasteiger partial charge in [0, 0.05) is 45.1 Å². The van der Waals surface area contributed by atoms with E-state index >= 15 is 0 Å². The average Bonchev–Trinajstić information content (AvgIpc) is 2.59. The van der Waals surface area contributed by atoms with Gasteiger partial charge in [0.2, 0.25) is 10.0 Å². The topological polar surface area (TPSA) is 98.8 Å². The van der Waals surface area contributed by atoms with Crippen molar-refractivity contribution < 1.29 is 18.0 Å². The summed E-state index contributed by atoms with van der Waals surface area (Å²) in [4.78, 5) is 25.9. The summed E-state index contributed by atoms with van der Waals surface area (Å²) < 4.78 is 24.4. The van der Waals surface area contributed by atoms with Crippen LogP contribution in [-0.4, -0.2) is 64.5 Å². The molecule has 0 spiro atoms. The first kappa shape index (κ1) is 20.2. The molecule has 0 aliphatic carbocycles. The fourth-order valence-electron chi connectivity index (χ4n) is 2.79. The maximum absolute atomic E-state index is 12.0. The molecule has 0 atom stereocenters. The van der Waals surface area contributed by atoms with E-state index in [4.69, 9.17) is 0 Å². The zero-order chi connectivity index (χ0) is 19.3. The summed E-state index contributed by atoms with van der Waals surface area (Å²) in [6.45, 7) is 1.26. The molecule has 2 N–H and O–H groups in total. The van der Waals surface area contributed by atoms with Gasteiger partial charge in [-0.15, -0.1) is 0 Å². The summed E-state index contributed by atoms with van der Waals surface area (Å²) in [5.41, 5.74) is 1.55. The molecule has 1 heterocycles. The fraction of sp³-hybridized carbons (Fsp3) is 0.529. The number of carbonyl (C=O) groups is 2. The minimum absolute atomic E-state index is 0.170. The van der Waals surface area contributed by atoms with Crippen LogP contribution in [-0.2, 0) is 19.6 Å². The summed E-state index contributed by atoms with van der Waals surface area (Å²) in [6.07, 6.45) is 2.53. The van der Waals surface area contributed by atoms with E-state index in [9.17, 15) is 18.0 Å². The zero-order valence-corrected chi connectivity index (χ0v) is 16.2. The monoisotopic (exact) mass is 382 g/mol. The molecule has 2 amide bonds. The second-order valence-electron chi connectivity index (χ2n) is 6.71. The molecule has 9 heteroatoms. The third-order valence-corrected chi connectivity index (χ3v) is 5.74. The van der Waals surface area contributed by atoms with Crippen LogP contribution < -0.4 is 15.5 Å². The second kappa shape index (κ2) is 8.50. The van der Waals surface area contributed by atoms with Crippen molar-refractivity contribution >= 4 is 33.2 Å². The number of sulfonamides is 1. The molecule has 0 aromatic heterocycles. The molecule has 1 aromatic rings. The van der Waals surface area contributed by atoms with Gasteiger partial charge in [-0.3, -0.25) is 9.59 Å². The lowest BCUT2D eigenvalue weighted by Gasteiger charge is -2.30. The van der Waals surface area contributed by atoms with Gasteiger partial charge < -0.3 is 15.5 Å². The molecule has 1 aliphatic rings. The van der Waals surface area contributed by atoms with Crippen LogP contribution >= 0.6 is 0 Å². The Morgan fingerprint density at radius 3 is 2.19 bits per heavy atom. The molecule has 2 rings (SSSR count). The largest absolute Gasteiger partial charge is 0.378 e. The predicted molar refractivity (Wildman–Crippen MR) is 102 cm³/mol. The normalized spacial score (nSPS) is 16.1. The van der Waals surface area contributed by atoms with Gasteiger partial charge in [-0.25, -0.2) is 12.7 Å². The molecule has 1 aliphatic heterocycles. The van der Waals surface area contributed by atoms with Crippen molar-refractivity contribution in [2.45, 2.75) is 12.8 Å². The van der Waals surface area contributed by atoms with E-state index in [0.717, 1.165) is 5.69 Å². The summed E-state index contributed by atoms with van der Waals surface area (Å²) in [7, 11) is 0.678. The number of piperidine rings is 1. The van der Waals surface area contributed by atoms with Crippen LogP contribution in [0.4, 0.5) is 11.4 Å². The van der Waals surface area contributed by atoms with Gasteiger partial charge in [0.25, 0.3) is 0 Å². The Morgan fingerprint density at radius 1 is 1.12 bits per heavy atom. The highest BCUT2D eigenvalue weighted by Crippen LogP contribution is 2.18. The molecule has 0 unspecified atom stereocenters. The first-order chi connectivity index (χ1) is 12.2. The fourth-order valence-corrected chi connectivity index (χ4v) is 3.67. The van der Waals surface area contributed by atoms with Gasteiger partial charge in [-0.2, -0.15) is 0 Å². The Morgan fingerprint density at radius 2 is 1.69 bits per heavy atom. The molecule has 8 nitrogen and oxygen atoms in total. The highest BCUT2D eigenvalue weighted by atomic mass is 32.2. The summed E-state index contributed by atoms with van der Waals surface area (Å²) in [5.74, 6) is -1.23. The van der Waals surface area contributed by atoms with Crippen molar-refractivity contribution in [2.24, 2.45) is 5.92 Å². The number of carbonyl (C=O) groups excluding carboxylic acids is 2. The van der Waals surface area contributed by atoms with Crippen LogP contribution in [0, 0.1) is 5.92 Å². The van der Waals surface area contributed by atoms with Crippen LogP contribution in [0.25, 0.3) is 0 Å². The number of amides is 2. The number of rotatable bonds is 5. The third kappa shape index (κ3) is 5.70. The lowest BCUT2D eigenvalue weighted by atomic mass is 9.98. The molecule has 1 saturated heterocycles. The third-order valence-electron chi connectivity index (χ3n) is 4.44. The molecular formula is C17H26N4O4S. The lowest BCUT2D eigenvalue weighted by Crippen LogP contribution is -2.43. The number of hydrogen-bond acceptors (Lipinski definition) is 5. The Labute approximate surface area is 154 Å². The van der Waals surface area contributed by atoms with Gasteiger partial charge in [0.05, 0.1) is 6.26 Å². The molecule has 0 radical (unpaired) electrons. The minimum atomic E-state index is -3.16. The number of anilines is 2. The second-order valence-corrected chi connectivity index (χ2v) is 8.69. The van der Waals surface area contributed by atoms with E-state index in [1.165, 1.54) is 10.6 Å². The van der Waals surface area contributed by atoms with Crippen LogP contribution in [0.3, 0.4) is 0 Å². The highest BCUT2D eigenvalue weighted by Gasteiger charge is 2.25. The smallest absolute Gasteiger partial charge is 0.313 e. The van der Waals surface area contributed by atoms with E-state index in [2.05, 4.69) is 10.6 Å². The molecule has 144 valence electrons. The van der Waals surface area contributed by atoms with E-state index in [1.807, 2.05) is 31.1 Å². The van der Waals surface area contributed by atoms with Gasteiger partial charge in [0.15, 0.2) is 0 Å². The summed E-state index contributed by atoms with van der Waals surface area (Å²) >= 11 is 0. The van der Waals surface area contributed by atoms with Gasteiger partial charge >= 0.3 is 11.8 Å². The van der Waals surface area contributed by atoms with Gasteiger partial charge in [-0.05, 0) is 43.0 Å². The Bertz CT molecular complexity index is 739. The van der Waals surface area contributed by atoms with E-state index in [0.29, 0.717) is 38.2 Å². The molecule has 1 fully saturated rings. The van der Waals surface area contributed by atoms with Gasteiger partial charge in [-0.1, -0.05) is 0 Å². The van der Waals surface area contributed by atoms with E-state index in [-0.39, 0.29) is 5.92 Å². The first-order valence-corrected chi connectivity index (χ1v) is 10.3. The minimum Gasteiger partial charge on any atom is -0.378 e. The van der Waals surface area contributed by atoms with Crippen LogP contribution in [0.2, 0.25) is 0 Å². The molecule has 26 heavy (non-hydrogen) atoms. The number of nitrogens with zero attached hydrogens (tertiary/aromatic N) is 2.